The second kappa shape index (κ2) is 10.0. The zero-order chi connectivity index (χ0) is 23.3. The Morgan fingerprint density at radius 3 is 2.28 bits per heavy atom. The van der Waals surface area contributed by atoms with E-state index in [1.54, 1.807) is 0 Å². The van der Waals surface area contributed by atoms with Gasteiger partial charge in [0.15, 0.2) is 11.5 Å². The van der Waals surface area contributed by atoms with Gasteiger partial charge in [0.2, 0.25) is 15.9 Å². The summed E-state index contributed by atoms with van der Waals surface area (Å²) in [4.78, 5) is 14.0. The molecule has 32 heavy (non-hydrogen) atoms. The molecule has 2 aromatic rings. The maximum absolute atomic E-state index is 13.1. The molecular formula is C21H21F3N2O5S. The van der Waals surface area contributed by atoms with E-state index in [2.05, 4.69) is 4.74 Å². The van der Waals surface area contributed by atoms with E-state index >= 15 is 0 Å². The quantitative estimate of drug-likeness (QED) is 0.582. The van der Waals surface area contributed by atoms with Crippen LogP contribution in [0.15, 0.2) is 53.4 Å². The van der Waals surface area contributed by atoms with E-state index in [1.165, 1.54) is 58.8 Å². The number of carbonyl (C=O) groups excluding carboxylic acids is 1. The number of sulfonamides is 1. The van der Waals surface area contributed by atoms with Gasteiger partial charge < -0.3 is 14.4 Å². The molecule has 0 unspecified atom stereocenters. The number of methoxy groups -OCH3 is 1. The number of amides is 1. The fraction of sp³-hybridized carbons (Fsp3) is 0.286. The molecule has 1 saturated heterocycles. The van der Waals surface area contributed by atoms with Crippen LogP contribution < -0.4 is 9.47 Å². The first-order chi connectivity index (χ1) is 15.2. The zero-order valence-corrected chi connectivity index (χ0v) is 17.9. The summed E-state index contributed by atoms with van der Waals surface area (Å²) in [5, 5.41) is 0. The largest absolute Gasteiger partial charge is 0.493 e. The molecule has 11 heteroatoms. The second-order valence-electron chi connectivity index (χ2n) is 6.81. The summed E-state index contributed by atoms with van der Waals surface area (Å²) in [5.74, 6) is -0.875. The Hall–Kier alpha value is -3.05. The molecule has 3 rings (SSSR count). The van der Waals surface area contributed by atoms with E-state index in [-0.39, 0.29) is 48.5 Å². The van der Waals surface area contributed by atoms with Crippen LogP contribution in [-0.2, 0) is 14.8 Å². The van der Waals surface area contributed by atoms with Gasteiger partial charge in [0.1, 0.15) is 5.82 Å². The van der Waals surface area contributed by atoms with Crippen LogP contribution in [0.25, 0.3) is 6.08 Å². The molecule has 1 heterocycles. The second-order valence-corrected chi connectivity index (χ2v) is 8.74. The van der Waals surface area contributed by atoms with Gasteiger partial charge in [0.25, 0.3) is 0 Å². The molecule has 7 nitrogen and oxygen atoms in total. The van der Waals surface area contributed by atoms with Crippen molar-refractivity contribution in [3.05, 3.63) is 59.9 Å². The summed E-state index contributed by atoms with van der Waals surface area (Å²) in [7, 11) is -2.46. The van der Waals surface area contributed by atoms with Crippen molar-refractivity contribution >= 4 is 22.0 Å². The number of alkyl halides is 2. The van der Waals surface area contributed by atoms with E-state index in [0.29, 0.717) is 5.56 Å². The Balaban J connectivity index is 1.61. The van der Waals surface area contributed by atoms with E-state index in [1.807, 2.05) is 0 Å². The molecule has 0 N–H and O–H groups in total. The molecule has 0 bridgehead atoms. The first-order valence-electron chi connectivity index (χ1n) is 9.56. The van der Waals surface area contributed by atoms with Crippen LogP contribution in [0.1, 0.15) is 5.56 Å². The summed E-state index contributed by atoms with van der Waals surface area (Å²) in [6, 6.07) is 8.84. The number of nitrogens with zero attached hydrogens (tertiary/aromatic N) is 2. The number of hydrogen-bond acceptors (Lipinski definition) is 5. The van der Waals surface area contributed by atoms with Gasteiger partial charge >= 0.3 is 6.61 Å². The molecule has 2 aromatic carbocycles. The molecule has 1 aliphatic rings. The third-order valence-corrected chi connectivity index (χ3v) is 6.74. The van der Waals surface area contributed by atoms with E-state index in [0.717, 1.165) is 12.1 Å². The Morgan fingerprint density at radius 1 is 1.03 bits per heavy atom. The molecule has 1 aliphatic heterocycles. The molecule has 0 atom stereocenters. The van der Waals surface area contributed by atoms with Crippen molar-refractivity contribution in [1.82, 2.24) is 9.21 Å². The van der Waals surface area contributed by atoms with Crippen molar-refractivity contribution in [2.24, 2.45) is 0 Å². The van der Waals surface area contributed by atoms with Crippen LogP contribution in [0, 0.1) is 5.82 Å². The minimum absolute atomic E-state index is 0.00760. The summed E-state index contributed by atoms with van der Waals surface area (Å²) in [6.45, 7) is -2.40. The number of carbonyl (C=O) groups is 1. The van der Waals surface area contributed by atoms with Crippen LogP contribution in [0.3, 0.4) is 0 Å². The first kappa shape index (κ1) is 23.6. The monoisotopic (exact) mass is 470 g/mol. The van der Waals surface area contributed by atoms with Crippen LogP contribution in [0.2, 0.25) is 0 Å². The molecule has 0 radical (unpaired) electrons. The molecule has 0 spiro atoms. The van der Waals surface area contributed by atoms with Crippen LogP contribution in [-0.4, -0.2) is 63.4 Å². The standard InChI is InChI=1S/C21H21F3N2O5S/c1-30-19-14-15(2-8-18(19)31-21(23)24)3-9-20(27)25-10-12-26(13-11-25)32(28,29)17-6-4-16(22)5-7-17/h2-9,14,21H,10-13H2,1H3. The molecule has 0 aromatic heterocycles. The average molecular weight is 470 g/mol. The average Bonchev–Trinajstić information content (AvgIpc) is 2.78. The fourth-order valence-electron chi connectivity index (χ4n) is 3.16. The molecule has 0 saturated carbocycles. The van der Waals surface area contributed by atoms with Gasteiger partial charge in [-0.25, -0.2) is 12.8 Å². The molecular weight excluding hydrogens is 449 g/mol. The van der Waals surface area contributed by atoms with Crippen molar-refractivity contribution in [1.29, 1.82) is 0 Å². The fourth-order valence-corrected chi connectivity index (χ4v) is 4.58. The van der Waals surface area contributed by atoms with Crippen molar-refractivity contribution < 1.29 is 35.9 Å². The van der Waals surface area contributed by atoms with Crippen molar-refractivity contribution in [2.45, 2.75) is 11.5 Å². The SMILES string of the molecule is COc1cc(C=CC(=O)N2CCN(S(=O)(=O)c3ccc(F)cc3)CC2)ccc1OC(F)F. The lowest BCUT2D eigenvalue weighted by Gasteiger charge is -2.33. The molecule has 172 valence electrons. The number of piperazine rings is 1. The number of benzene rings is 2. The summed E-state index contributed by atoms with van der Waals surface area (Å²) < 4.78 is 73.8. The van der Waals surface area contributed by atoms with Crippen molar-refractivity contribution in [3.8, 4) is 11.5 Å². The summed E-state index contributed by atoms with van der Waals surface area (Å²) in [5.41, 5.74) is 0.536. The minimum Gasteiger partial charge on any atom is -0.493 e. The Bertz CT molecular complexity index is 1080. The van der Waals surface area contributed by atoms with Crippen molar-refractivity contribution in [2.75, 3.05) is 33.3 Å². The van der Waals surface area contributed by atoms with Crippen LogP contribution in [0.4, 0.5) is 13.2 Å². The predicted molar refractivity (Wildman–Crippen MR) is 110 cm³/mol. The minimum atomic E-state index is -3.77. The van der Waals surface area contributed by atoms with Crippen molar-refractivity contribution in [3.63, 3.8) is 0 Å². The lowest BCUT2D eigenvalue weighted by atomic mass is 10.2. The number of halogens is 3. The van der Waals surface area contributed by atoms with Gasteiger partial charge in [-0.3, -0.25) is 4.79 Å². The lowest BCUT2D eigenvalue weighted by molar-refractivity contribution is -0.127. The van der Waals surface area contributed by atoms with Gasteiger partial charge in [-0.05, 0) is 48.0 Å². The third-order valence-electron chi connectivity index (χ3n) is 4.82. The maximum atomic E-state index is 13.1. The highest BCUT2D eigenvalue weighted by Crippen LogP contribution is 2.30. The predicted octanol–water partition coefficient (Wildman–Crippen LogP) is 2.98. The molecule has 1 fully saturated rings. The first-order valence-corrected chi connectivity index (χ1v) is 11.0. The Morgan fingerprint density at radius 2 is 1.69 bits per heavy atom. The van der Waals surface area contributed by atoms with Gasteiger partial charge in [-0.2, -0.15) is 13.1 Å². The van der Waals surface area contributed by atoms with Gasteiger partial charge in [0, 0.05) is 32.3 Å². The number of ether oxygens (including phenoxy) is 2. The van der Waals surface area contributed by atoms with E-state index < -0.39 is 22.5 Å². The van der Waals surface area contributed by atoms with Crippen LogP contribution in [0.5, 0.6) is 11.5 Å². The van der Waals surface area contributed by atoms with Gasteiger partial charge in [-0.1, -0.05) is 6.07 Å². The van der Waals surface area contributed by atoms with E-state index in [4.69, 9.17) is 4.74 Å². The number of rotatable bonds is 7. The third kappa shape index (κ3) is 5.60. The summed E-state index contributed by atoms with van der Waals surface area (Å²) in [6.07, 6.45) is 2.81. The van der Waals surface area contributed by atoms with Gasteiger partial charge in [-0.15, -0.1) is 0 Å². The highest BCUT2D eigenvalue weighted by atomic mass is 32.2. The Labute approximate surface area is 183 Å². The lowest BCUT2D eigenvalue weighted by Crippen LogP contribution is -2.50. The normalized spacial score (nSPS) is 15.3. The highest BCUT2D eigenvalue weighted by Gasteiger charge is 2.29. The Kier molecular flexibility index (Phi) is 7.41. The molecule has 1 amide bonds. The smallest absolute Gasteiger partial charge is 0.387 e. The highest BCUT2D eigenvalue weighted by molar-refractivity contribution is 7.89. The van der Waals surface area contributed by atoms with E-state index in [9.17, 15) is 26.4 Å². The molecule has 0 aliphatic carbocycles. The maximum Gasteiger partial charge on any atom is 0.387 e. The topological polar surface area (TPSA) is 76.2 Å². The summed E-state index contributed by atoms with van der Waals surface area (Å²) >= 11 is 0. The van der Waals surface area contributed by atoms with Gasteiger partial charge in [0.05, 0.1) is 12.0 Å². The number of hydrogen-bond donors (Lipinski definition) is 0. The van der Waals surface area contributed by atoms with Crippen LogP contribution >= 0.6 is 0 Å². The zero-order valence-electron chi connectivity index (χ0n) is 17.1.